The van der Waals surface area contributed by atoms with Gasteiger partial charge in [-0.1, -0.05) is 31.5 Å². The highest BCUT2D eigenvalue weighted by Gasteiger charge is 2.29. The molecule has 0 saturated carbocycles. The molecule has 1 aromatic carbocycles. The van der Waals surface area contributed by atoms with E-state index in [9.17, 15) is 0 Å². The molecular weight excluding hydrogens is 334 g/mol. The van der Waals surface area contributed by atoms with E-state index in [4.69, 9.17) is 9.72 Å². The maximum Gasteiger partial charge on any atom is 0.245 e. The predicted octanol–water partition coefficient (Wildman–Crippen LogP) is 5.55. The standard InChI is InChI=1S/C23H33N3O/c1-8-19(9-2)26-11-10-25(7)21-20(26)14-18(6)24-23(21)27-22-16(4)12-15(3)13-17(22)5/h12-14,19H,8-11H2,1-7H3. The topological polar surface area (TPSA) is 28.6 Å². The maximum absolute atomic E-state index is 6.46. The van der Waals surface area contributed by atoms with Gasteiger partial charge in [-0.3, -0.25) is 0 Å². The van der Waals surface area contributed by atoms with Crippen molar-refractivity contribution in [2.75, 3.05) is 29.9 Å². The van der Waals surface area contributed by atoms with Crippen LogP contribution in [-0.2, 0) is 0 Å². The van der Waals surface area contributed by atoms with Crippen LogP contribution in [0.2, 0.25) is 0 Å². The minimum absolute atomic E-state index is 0.551. The number of benzene rings is 1. The Labute approximate surface area is 164 Å². The fraction of sp³-hybridized carbons (Fsp3) is 0.522. The number of aromatic nitrogens is 1. The van der Waals surface area contributed by atoms with Crippen molar-refractivity contribution >= 4 is 11.4 Å². The highest BCUT2D eigenvalue weighted by Crippen LogP contribution is 2.43. The normalized spacial score (nSPS) is 13.9. The van der Waals surface area contributed by atoms with E-state index in [0.29, 0.717) is 6.04 Å². The van der Waals surface area contributed by atoms with Crippen LogP contribution in [0.25, 0.3) is 0 Å². The number of hydrogen-bond acceptors (Lipinski definition) is 4. The van der Waals surface area contributed by atoms with E-state index in [1.54, 1.807) is 0 Å². The molecular formula is C23H33N3O. The van der Waals surface area contributed by atoms with Crippen LogP contribution in [0.15, 0.2) is 18.2 Å². The van der Waals surface area contributed by atoms with E-state index in [1.807, 2.05) is 0 Å². The lowest BCUT2D eigenvalue weighted by atomic mass is 10.1. The van der Waals surface area contributed by atoms with Gasteiger partial charge in [0.15, 0.2) is 0 Å². The highest BCUT2D eigenvalue weighted by atomic mass is 16.5. The number of likely N-dealkylation sites (N-methyl/N-ethyl adjacent to an activating group) is 1. The molecule has 0 saturated heterocycles. The van der Waals surface area contributed by atoms with Crippen molar-refractivity contribution in [2.24, 2.45) is 0 Å². The maximum atomic E-state index is 6.46. The van der Waals surface area contributed by atoms with Crippen LogP contribution in [0.1, 0.15) is 49.1 Å². The second-order valence-electron chi connectivity index (χ2n) is 7.85. The average molecular weight is 368 g/mol. The molecule has 0 radical (unpaired) electrons. The van der Waals surface area contributed by atoms with Crippen LogP contribution in [-0.4, -0.2) is 31.2 Å². The number of fused-ring (bicyclic) bond motifs is 1. The first-order valence-corrected chi connectivity index (χ1v) is 10.1. The lowest BCUT2D eigenvalue weighted by molar-refractivity contribution is 0.451. The molecule has 3 rings (SSSR count). The molecule has 0 unspecified atom stereocenters. The van der Waals surface area contributed by atoms with Gasteiger partial charge in [0, 0.05) is 31.9 Å². The third-order valence-corrected chi connectivity index (χ3v) is 5.62. The highest BCUT2D eigenvalue weighted by molar-refractivity contribution is 5.79. The molecule has 0 amide bonds. The van der Waals surface area contributed by atoms with Crippen molar-refractivity contribution in [1.29, 1.82) is 0 Å². The molecule has 146 valence electrons. The Hall–Kier alpha value is -2.23. The van der Waals surface area contributed by atoms with Gasteiger partial charge < -0.3 is 14.5 Å². The lowest BCUT2D eigenvalue weighted by Gasteiger charge is -2.41. The van der Waals surface area contributed by atoms with Gasteiger partial charge in [0.1, 0.15) is 11.4 Å². The van der Waals surface area contributed by atoms with Crippen molar-refractivity contribution in [3.05, 3.63) is 40.6 Å². The average Bonchev–Trinajstić information content (AvgIpc) is 2.60. The Morgan fingerprint density at radius 1 is 1.00 bits per heavy atom. The van der Waals surface area contributed by atoms with Gasteiger partial charge in [0.2, 0.25) is 5.88 Å². The van der Waals surface area contributed by atoms with E-state index in [2.05, 4.69) is 76.6 Å². The number of rotatable bonds is 5. The van der Waals surface area contributed by atoms with Crippen LogP contribution < -0.4 is 14.5 Å². The molecule has 4 nitrogen and oxygen atoms in total. The summed E-state index contributed by atoms with van der Waals surface area (Å²) in [6.45, 7) is 15.0. The number of pyridine rings is 1. The minimum atomic E-state index is 0.551. The number of anilines is 2. The van der Waals surface area contributed by atoms with Crippen molar-refractivity contribution < 1.29 is 4.74 Å². The van der Waals surface area contributed by atoms with E-state index < -0.39 is 0 Å². The predicted molar refractivity (Wildman–Crippen MR) is 115 cm³/mol. The van der Waals surface area contributed by atoms with Gasteiger partial charge >= 0.3 is 0 Å². The largest absolute Gasteiger partial charge is 0.436 e. The van der Waals surface area contributed by atoms with E-state index >= 15 is 0 Å². The third-order valence-electron chi connectivity index (χ3n) is 5.62. The fourth-order valence-corrected chi connectivity index (χ4v) is 4.29. The summed E-state index contributed by atoms with van der Waals surface area (Å²) in [6.07, 6.45) is 2.29. The van der Waals surface area contributed by atoms with Gasteiger partial charge in [-0.2, -0.15) is 0 Å². The van der Waals surface area contributed by atoms with Crippen LogP contribution in [0.3, 0.4) is 0 Å². The van der Waals surface area contributed by atoms with Crippen molar-refractivity contribution in [3.8, 4) is 11.6 Å². The van der Waals surface area contributed by atoms with Gasteiger partial charge in [-0.15, -0.1) is 0 Å². The Bertz CT molecular complexity index is 804. The molecule has 0 aliphatic carbocycles. The quantitative estimate of drug-likeness (QED) is 0.692. The second kappa shape index (κ2) is 7.79. The molecule has 2 aromatic rings. The van der Waals surface area contributed by atoms with Crippen LogP contribution >= 0.6 is 0 Å². The summed E-state index contributed by atoms with van der Waals surface area (Å²) in [4.78, 5) is 9.63. The molecule has 0 spiro atoms. The van der Waals surface area contributed by atoms with E-state index in [-0.39, 0.29) is 0 Å². The SMILES string of the molecule is CCC(CC)N1CCN(C)c2c1cc(C)nc2Oc1c(C)cc(C)cc1C. The first-order valence-electron chi connectivity index (χ1n) is 10.1. The molecule has 1 aliphatic heterocycles. The summed E-state index contributed by atoms with van der Waals surface area (Å²) in [5.41, 5.74) is 6.92. The molecule has 27 heavy (non-hydrogen) atoms. The molecule has 2 heterocycles. The molecule has 0 N–H and O–H groups in total. The van der Waals surface area contributed by atoms with Crippen LogP contribution in [0.4, 0.5) is 11.4 Å². The summed E-state index contributed by atoms with van der Waals surface area (Å²) in [6, 6.07) is 7.11. The number of hydrogen-bond donors (Lipinski definition) is 0. The second-order valence-corrected chi connectivity index (χ2v) is 7.85. The summed E-state index contributed by atoms with van der Waals surface area (Å²) in [7, 11) is 2.14. The Balaban J connectivity index is 2.10. The van der Waals surface area contributed by atoms with Gasteiger partial charge in [0.05, 0.1) is 5.69 Å². The summed E-state index contributed by atoms with van der Waals surface area (Å²) in [5, 5.41) is 0. The Kier molecular flexibility index (Phi) is 5.64. The van der Waals surface area contributed by atoms with Crippen molar-refractivity contribution in [3.63, 3.8) is 0 Å². The monoisotopic (exact) mass is 367 g/mol. The summed E-state index contributed by atoms with van der Waals surface area (Å²) >= 11 is 0. The molecule has 1 aromatic heterocycles. The smallest absolute Gasteiger partial charge is 0.245 e. The zero-order valence-electron chi connectivity index (χ0n) is 17.9. The Morgan fingerprint density at radius 3 is 2.22 bits per heavy atom. The first kappa shape index (κ1) is 19.5. The molecule has 1 aliphatic rings. The number of aryl methyl sites for hydroxylation is 4. The molecule has 0 bridgehead atoms. The van der Waals surface area contributed by atoms with E-state index in [0.717, 1.165) is 60.1 Å². The Morgan fingerprint density at radius 2 is 1.63 bits per heavy atom. The first-order chi connectivity index (χ1) is 12.8. The van der Waals surface area contributed by atoms with E-state index in [1.165, 1.54) is 11.3 Å². The summed E-state index contributed by atoms with van der Waals surface area (Å²) < 4.78 is 6.46. The summed E-state index contributed by atoms with van der Waals surface area (Å²) in [5.74, 6) is 1.65. The number of ether oxygens (including phenoxy) is 1. The van der Waals surface area contributed by atoms with Gasteiger partial charge in [-0.05, 0) is 57.7 Å². The molecule has 0 atom stereocenters. The third kappa shape index (κ3) is 3.76. The minimum Gasteiger partial charge on any atom is -0.436 e. The van der Waals surface area contributed by atoms with Crippen molar-refractivity contribution in [2.45, 2.75) is 60.4 Å². The van der Waals surface area contributed by atoms with Gasteiger partial charge in [0.25, 0.3) is 0 Å². The van der Waals surface area contributed by atoms with Crippen LogP contribution in [0, 0.1) is 27.7 Å². The molecule has 4 heteroatoms. The number of nitrogens with zero attached hydrogens (tertiary/aromatic N) is 3. The lowest BCUT2D eigenvalue weighted by Crippen LogP contribution is -2.44. The van der Waals surface area contributed by atoms with Crippen molar-refractivity contribution in [1.82, 2.24) is 4.98 Å². The van der Waals surface area contributed by atoms with Crippen LogP contribution in [0.5, 0.6) is 11.6 Å². The zero-order chi connectivity index (χ0) is 19.7. The molecule has 0 fully saturated rings. The fourth-order valence-electron chi connectivity index (χ4n) is 4.29. The zero-order valence-corrected chi connectivity index (χ0v) is 17.9. The van der Waals surface area contributed by atoms with Gasteiger partial charge in [-0.25, -0.2) is 4.98 Å².